The molecule has 1 aliphatic carbocycles. The van der Waals surface area contributed by atoms with E-state index in [4.69, 9.17) is 0 Å². The molecule has 0 bridgehead atoms. The Balaban J connectivity index is 2.38. The molecule has 92 valence electrons. The molecule has 0 aromatic rings. The maximum Gasteiger partial charge on any atom is 0.325 e. The quantitative estimate of drug-likeness (QED) is 0.789. The lowest BCUT2D eigenvalue weighted by molar-refractivity contribution is -0.148. The fraction of sp³-hybridized carbons (Fsp3) is 0.900. The zero-order valence-corrected chi connectivity index (χ0v) is 10.3. The zero-order valence-electron chi connectivity index (χ0n) is 9.51. The molecule has 2 fully saturated rings. The van der Waals surface area contributed by atoms with Crippen molar-refractivity contribution in [1.29, 1.82) is 0 Å². The third-order valence-corrected chi connectivity index (χ3v) is 5.82. The summed E-state index contributed by atoms with van der Waals surface area (Å²) in [7, 11) is -3.39. The average Bonchev–Trinajstić information content (AvgIpc) is 2.91. The van der Waals surface area contributed by atoms with E-state index in [1.807, 2.05) is 6.92 Å². The summed E-state index contributed by atoms with van der Waals surface area (Å²) in [4.78, 5) is 11.4. The molecule has 1 saturated carbocycles. The van der Waals surface area contributed by atoms with Gasteiger partial charge in [-0.05, 0) is 31.6 Å². The van der Waals surface area contributed by atoms with Gasteiger partial charge in [-0.25, -0.2) is 8.42 Å². The number of hydrogen-bond donors (Lipinski definition) is 1. The number of carboxylic acids is 1. The highest BCUT2D eigenvalue weighted by molar-refractivity contribution is 7.89. The van der Waals surface area contributed by atoms with Crippen LogP contribution in [0.4, 0.5) is 0 Å². The Hall–Kier alpha value is -0.620. The summed E-state index contributed by atoms with van der Waals surface area (Å²) >= 11 is 0. The number of nitrogens with zero attached hydrogens (tertiary/aromatic N) is 1. The van der Waals surface area contributed by atoms with Crippen molar-refractivity contribution in [2.45, 2.75) is 32.2 Å². The molecule has 2 rings (SSSR count). The number of sulfonamides is 1. The van der Waals surface area contributed by atoms with E-state index in [-0.39, 0.29) is 17.6 Å². The second kappa shape index (κ2) is 3.43. The normalized spacial score (nSPS) is 33.5. The third-order valence-electron chi connectivity index (χ3n) is 3.63. The van der Waals surface area contributed by atoms with Crippen molar-refractivity contribution in [3.05, 3.63) is 0 Å². The Morgan fingerprint density at radius 1 is 1.44 bits per heavy atom. The molecule has 0 spiro atoms. The molecule has 1 aliphatic heterocycles. The fourth-order valence-corrected chi connectivity index (χ4v) is 4.80. The van der Waals surface area contributed by atoms with Gasteiger partial charge in [-0.1, -0.05) is 6.92 Å². The van der Waals surface area contributed by atoms with Crippen LogP contribution in [0.15, 0.2) is 0 Å². The van der Waals surface area contributed by atoms with Crippen LogP contribution in [0.1, 0.15) is 26.7 Å². The van der Waals surface area contributed by atoms with Gasteiger partial charge >= 0.3 is 5.97 Å². The minimum atomic E-state index is -3.39. The van der Waals surface area contributed by atoms with Crippen molar-refractivity contribution in [3.8, 4) is 0 Å². The van der Waals surface area contributed by atoms with E-state index in [0.29, 0.717) is 6.54 Å². The smallest absolute Gasteiger partial charge is 0.325 e. The highest BCUT2D eigenvalue weighted by Gasteiger charge is 2.57. The minimum absolute atomic E-state index is 0.0161. The zero-order chi connectivity index (χ0) is 12.1. The van der Waals surface area contributed by atoms with E-state index in [0.717, 1.165) is 12.8 Å². The molecule has 6 heteroatoms. The largest absolute Gasteiger partial charge is 0.480 e. The van der Waals surface area contributed by atoms with Crippen LogP contribution >= 0.6 is 0 Å². The summed E-state index contributed by atoms with van der Waals surface area (Å²) < 4.78 is 25.0. The lowest BCUT2D eigenvalue weighted by atomic mass is 9.95. The van der Waals surface area contributed by atoms with Crippen molar-refractivity contribution in [3.63, 3.8) is 0 Å². The lowest BCUT2D eigenvalue weighted by Gasteiger charge is -2.33. The Labute approximate surface area is 95.5 Å². The van der Waals surface area contributed by atoms with E-state index in [2.05, 4.69) is 0 Å². The van der Waals surface area contributed by atoms with Crippen LogP contribution in [0.5, 0.6) is 0 Å². The minimum Gasteiger partial charge on any atom is -0.480 e. The van der Waals surface area contributed by atoms with Gasteiger partial charge in [0.05, 0.1) is 5.75 Å². The summed E-state index contributed by atoms with van der Waals surface area (Å²) in [5.41, 5.74) is -1.23. The Bertz CT molecular complexity index is 415. The standard InChI is InChI=1S/C10H17NO4S/c1-7-5-11(16(14,15)6-7)10(2,9(12)13)8-3-4-8/h7-8H,3-6H2,1-2H3,(H,12,13). The molecule has 1 saturated heterocycles. The monoisotopic (exact) mass is 247 g/mol. The Morgan fingerprint density at radius 2 is 2.00 bits per heavy atom. The van der Waals surface area contributed by atoms with Crippen molar-refractivity contribution < 1.29 is 18.3 Å². The van der Waals surface area contributed by atoms with Gasteiger partial charge in [-0.3, -0.25) is 4.79 Å². The van der Waals surface area contributed by atoms with Gasteiger partial charge in [-0.15, -0.1) is 0 Å². The Kier molecular flexibility index (Phi) is 2.54. The van der Waals surface area contributed by atoms with Gasteiger partial charge in [0.2, 0.25) is 10.0 Å². The van der Waals surface area contributed by atoms with Crippen LogP contribution in [0.25, 0.3) is 0 Å². The van der Waals surface area contributed by atoms with Gasteiger partial charge in [-0.2, -0.15) is 4.31 Å². The fourth-order valence-electron chi connectivity index (χ4n) is 2.51. The third kappa shape index (κ3) is 1.64. The van der Waals surface area contributed by atoms with Crippen LogP contribution in [-0.4, -0.2) is 41.6 Å². The van der Waals surface area contributed by atoms with Crippen molar-refractivity contribution in [2.24, 2.45) is 11.8 Å². The van der Waals surface area contributed by atoms with E-state index in [9.17, 15) is 18.3 Å². The maximum atomic E-state index is 11.9. The molecular formula is C10H17NO4S. The molecule has 2 unspecified atom stereocenters. The summed E-state index contributed by atoms with van der Waals surface area (Å²) in [5, 5.41) is 9.32. The van der Waals surface area contributed by atoms with E-state index in [1.54, 1.807) is 6.92 Å². The number of rotatable bonds is 3. The molecule has 0 amide bonds. The lowest BCUT2D eigenvalue weighted by Crippen LogP contribution is -2.54. The molecule has 0 aromatic carbocycles. The molecule has 1 heterocycles. The molecule has 2 atom stereocenters. The van der Waals surface area contributed by atoms with Crippen molar-refractivity contribution in [1.82, 2.24) is 4.31 Å². The first-order valence-corrected chi connectivity index (χ1v) is 7.13. The molecule has 1 N–H and O–H groups in total. The van der Waals surface area contributed by atoms with Gasteiger partial charge in [0.25, 0.3) is 0 Å². The second-order valence-corrected chi connectivity index (χ2v) is 7.08. The topological polar surface area (TPSA) is 74.7 Å². The van der Waals surface area contributed by atoms with Gasteiger partial charge in [0.15, 0.2) is 0 Å². The molecule has 2 aliphatic rings. The van der Waals surface area contributed by atoms with Crippen molar-refractivity contribution >= 4 is 16.0 Å². The summed E-state index contributed by atoms with van der Waals surface area (Å²) in [6.45, 7) is 3.72. The molecule has 0 radical (unpaired) electrons. The van der Waals surface area contributed by atoms with Crippen LogP contribution in [0, 0.1) is 11.8 Å². The highest BCUT2D eigenvalue weighted by Crippen LogP contribution is 2.46. The first-order chi connectivity index (χ1) is 7.28. The first kappa shape index (κ1) is 11.9. The Morgan fingerprint density at radius 3 is 2.31 bits per heavy atom. The molecule has 16 heavy (non-hydrogen) atoms. The number of carbonyl (C=O) groups is 1. The number of aliphatic carboxylic acids is 1. The number of hydrogen-bond acceptors (Lipinski definition) is 3. The SMILES string of the molecule is CC1CN(C(C)(C(=O)O)C2CC2)S(=O)(=O)C1. The van der Waals surface area contributed by atoms with E-state index in [1.165, 1.54) is 4.31 Å². The van der Waals surface area contributed by atoms with Crippen LogP contribution in [-0.2, 0) is 14.8 Å². The van der Waals surface area contributed by atoms with Gasteiger partial charge in [0, 0.05) is 6.54 Å². The summed E-state index contributed by atoms with van der Waals surface area (Å²) in [6, 6.07) is 0. The molecular weight excluding hydrogens is 230 g/mol. The van der Waals surface area contributed by atoms with Crippen LogP contribution < -0.4 is 0 Å². The molecule has 5 nitrogen and oxygen atoms in total. The van der Waals surface area contributed by atoms with Crippen LogP contribution in [0.3, 0.4) is 0 Å². The molecule has 0 aromatic heterocycles. The predicted octanol–water partition coefficient (Wildman–Crippen LogP) is 0.521. The van der Waals surface area contributed by atoms with E-state index >= 15 is 0 Å². The average molecular weight is 247 g/mol. The van der Waals surface area contributed by atoms with Crippen LogP contribution in [0.2, 0.25) is 0 Å². The summed E-state index contributed by atoms with van der Waals surface area (Å²) in [5.74, 6) is -0.956. The number of carboxylic acid groups (broad SMARTS) is 1. The van der Waals surface area contributed by atoms with Crippen molar-refractivity contribution in [2.75, 3.05) is 12.3 Å². The van der Waals surface area contributed by atoms with Gasteiger partial charge < -0.3 is 5.11 Å². The predicted molar refractivity (Wildman–Crippen MR) is 58.4 cm³/mol. The first-order valence-electron chi connectivity index (χ1n) is 5.52. The van der Waals surface area contributed by atoms with E-state index < -0.39 is 21.5 Å². The van der Waals surface area contributed by atoms with Gasteiger partial charge in [0.1, 0.15) is 5.54 Å². The summed E-state index contributed by atoms with van der Waals surface area (Å²) in [6.07, 6.45) is 1.62. The maximum absolute atomic E-state index is 11.9. The highest BCUT2D eigenvalue weighted by atomic mass is 32.2. The second-order valence-electron chi connectivity index (χ2n) is 5.14.